The molecule has 4 rings (SSSR count). The van der Waals surface area contributed by atoms with E-state index in [9.17, 15) is 9.59 Å². The van der Waals surface area contributed by atoms with Gasteiger partial charge in [-0.25, -0.2) is 4.79 Å². The summed E-state index contributed by atoms with van der Waals surface area (Å²) in [5, 5.41) is 9.10. The Morgan fingerprint density at radius 2 is 1.96 bits per heavy atom. The molecule has 1 aliphatic rings. The molecule has 0 spiro atoms. The second-order valence-corrected chi connectivity index (χ2v) is 7.41. The Balaban J connectivity index is 1.96. The van der Waals surface area contributed by atoms with Gasteiger partial charge in [0.05, 0.1) is 0 Å². The molecule has 0 aliphatic carbocycles. The van der Waals surface area contributed by atoms with E-state index in [0.29, 0.717) is 30.1 Å². The van der Waals surface area contributed by atoms with Crippen LogP contribution in [0.25, 0.3) is 11.2 Å². The van der Waals surface area contributed by atoms with Crippen LogP contribution in [0, 0.1) is 13.8 Å². The van der Waals surface area contributed by atoms with Crippen LogP contribution in [0.15, 0.2) is 27.8 Å². The highest BCUT2D eigenvalue weighted by Gasteiger charge is 2.27. The molecule has 3 aromatic rings. The lowest BCUT2D eigenvalue weighted by atomic mass is 10.1. The Bertz CT molecular complexity index is 1170. The first-order chi connectivity index (χ1) is 13.4. The molecule has 0 bridgehead atoms. The Kier molecular flexibility index (Phi) is 4.58. The van der Waals surface area contributed by atoms with Crippen LogP contribution in [-0.2, 0) is 20.1 Å². The van der Waals surface area contributed by atoms with Crippen molar-refractivity contribution in [2.75, 3.05) is 18.1 Å². The number of anilines is 2. The molecule has 0 atom stereocenters. The second kappa shape index (κ2) is 6.94. The van der Waals surface area contributed by atoms with Gasteiger partial charge >= 0.3 is 5.69 Å². The van der Waals surface area contributed by atoms with Gasteiger partial charge in [0, 0.05) is 39.0 Å². The van der Waals surface area contributed by atoms with Crippen molar-refractivity contribution in [3.63, 3.8) is 0 Å². The summed E-state index contributed by atoms with van der Waals surface area (Å²) in [6, 6.07) is 6.29. The van der Waals surface area contributed by atoms with E-state index in [-0.39, 0.29) is 18.7 Å². The predicted molar refractivity (Wildman–Crippen MR) is 108 cm³/mol. The van der Waals surface area contributed by atoms with Crippen molar-refractivity contribution in [1.29, 1.82) is 0 Å². The Hall–Kier alpha value is -2.87. The van der Waals surface area contributed by atoms with Crippen LogP contribution in [0.5, 0.6) is 0 Å². The molecule has 28 heavy (non-hydrogen) atoms. The SMILES string of the molecule is Cc1ccc(N2CCCn3c2nc2c3c(=O)n(CCCO)c(=O)n2C)c(C)c1. The van der Waals surface area contributed by atoms with Gasteiger partial charge in [0.1, 0.15) is 0 Å². The number of hydrogen-bond donors (Lipinski definition) is 1. The number of aliphatic hydroxyl groups is 1. The van der Waals surface area contributed by atoms with Crippen molar-refractivity contribution in [1.82, 2.24) is 18.7 Å². The van der Waals surface area contributed by atoms with E-state index >= 15 is 0 Å². The van der Waals surface area contributed by atoms with Gasteiger partial charge in [0.15, 0.2) is 11.2 Å². The summed E-state index contributed by atoms with van der Waals surface area (Å²) in [7, 11) is 1.64. The van der Waals surface area contributed by atoms with E-state index in [0.717, 1.165) is 24.2 Å². The molecule has 0 radical (unpaired) electrons. The summed E-state index contributed by atoms with van der Waals surface area (Å²) < 4.78 is 4.55. The fourth-order valence-electron chi connectivity index (χ4n) is 4.03. The van der Waals surface area contributed by atoms with Gasteiger partial charge in [-0.1, -0.05) is 17.7 Å². The zero-order chi connectivity index (χ0) is 20.0. The zero-order valence-electron chi connectivity index (χ0n) is 16.5. The summed E-state index contributed by atoms with van der Waals surface area (Å²) >= 11 is 0. The number of hydrogen-bond acceptors (Lipinski definition) is 5. The second-order valence-electron chi connectivity index (χ2n) is 7.41. The maximum absolute atomic E-state index is 13.1. The molecule has 2 aromatic heterocycles. The van der Waals surface area contributed by atoms with E-state index in [1.54, 1.807) is 7.05 Å². The quantitative estimate of drug-likeness (QED) is 0.737. The molecule has 0 saturated carbocycles. The van der Waals surface area contributed by atoms with Crippen molar-refractivity contribution in [2.24, 2.45) is 7.05 Å². The third kappa shape index (κ3) is 2.75. The maximum Gasteiger partial charge on any atom is 0.332 e. The molecular weight excluding hydrogens is 358 g/mol. The molecule has 3 heterocycles. The summed E-state index contributed by atoms with van der Waals surface area (Å²) in [5.74, 6) is 0.695. The van der Waals surface area contributed by atoms with Crippen LogP contribution in [0.4, 0.5) is 11.6 Å². The molecule has 0 saturated heterocycles. The number of benzene rings is 1. The third-order valence-electron chi connectivity index (χ3n) is 5.40. The standard InChI is InChI=1S/C20H25N5O3/c1-13-6-7-15(14(2)12-13)23-8-4-9-24-16-17(21-19(23)24)22(3)20(28)25(18(16)27)10-5-11-26/h6-7,12,26H,4-5,8-11H2,1-3H3. The normalized spacial score (nSPS) is 13.9. The molecule has 1 N–H and O–H groups in total. The first-order valence-electron chi connectivity index (χ1n) is 9.59. The van der Waals surface area contributed by atoms with E-state index in [4.69, 9.17) is 10.1 Å². The topological polar surface area (TPSA) is 85.3 Å². The van der Waals surface area contributed by atoms with E-state index in [1.807, 2.05) is 4.57 Å². The lowest BCUT2D eigenvalue weighted by Crippen LogP contribution is -2.40. The van der Waals surface area contributed by atoms with Crippen molar-refractivity contribution >= 4 is 22.8 Å². The Morgan fingerprint density at radius 1 is 1.18 bits per heavy atom. The van der Waals surface area contributed by atoms with Gasteiger partial charge in [-0.3, -0.25) is 13.9 Å². The van der Waals surface area contributed by atoms with Crippen LogP contribution in [0.2, 0.25) is 0 Å². The van der Waals surface area contributed by atoms with Crippen molar-refractivity contribution in [3.05, 3.63) is 50.2 Å². The monoisotopic (exact) mass is 383 g/mol. The largest absolute Gasteiger partial charge is 0.396 e. The summed E-state index contributed by atoms with van der Waals surface area (Å²) in [4.78, 5) is 32.6. The van der Waals surface area contributed by atoms with E-state index < -0.39 is 5.69 Å². The number of aliphatic hydroxyl groups excluding tert-OH is 1. The number of imidazole rings is 1. The molecule has 0 unspecified atom stereocenters. The number of fused-ring (bicyclic) bond motifs is 3. The first-order valence-corrected chi connectivity index (χ1v) is 9.59. The highest BCUT2D eigenvalue weighted by molar-refractivity contribution is 5.77. The van der Waals surface area contributed by atoms with Crippen molar-refractivity contribution in [3.8, 4) is 0 Å². The molecule has 148 valence electrons. The van der Waals surface area contributed by atoms with Crippen LogP contribution in [0.1, 0.15) is 24.0 Å². The number of rotatable bonds is 4. The van der Waals surface area contributed by atoms with Gasteiger partial charge in [0.2, 0.25) is 5.95 Å². The highest BCUT2D eigenvalue weighted by Crippen LogP contribution is 2.33. The minimum absolute atomic E-state index is 0.0708. The minimum Gasteiger partial charge on any atom is -0.396 e. The van der Waals surface area contributed by atoms with Crippen LogP contribution in [0.3, 0.4) is 0 Å². The Labute approximate surface area is 162 Å². The van der Waals surface area contributed by atoms with Crippen molar-refractivity contribution < 1.29 is 5.11 Å². The summed E-state index contributed by atoms with van der Waals surface area (Å²) in [5.41, 5.74) is 3.52. The van der Waals surface area contributed by atoms with Crippen molar-refractivity contribution in [2.45, 2.75) is 39.8 Å². The van der Waals surface area contributed by atoms with Crippen LogP contribution >= 0.6 is 0 Å². The van der Waals surface area contributed by atoms with Gasteiger partial charge in [0.25, 0.3) is 5.56 Å². The average molecular weight is 383 g/mol. The molecule has 1 aromatic carbocycles. The molecular formula is C20H25N5O3. The smallest absolute Gasteiger partial charge is 0.332 e. The minimum atomic E-state index is -0.403. The number of aryl methyl sites for hydroxylation is 4. The van der Waals surface area contributed by atoms with Gasteiger partial charge in [-0.15, -0.1) is 0 Å². The average Bonchev–Trinajstić information content (AvgIpc) is 3.06. The number of nitrogens with zero attached hydrogens (tertiary/aromatic N) is 5. The number of aromatic nitrogens is 4. The zero-order valence-corrected chi connectivity index (χ0v) is 16.5. The van der Waals surface area contributed by atoms with Gasteiger partial charge in [-0.05, 0) is 38.3 Å². The summed E-state index contributed by atoms with van der Waals surface area (Å²) in [6.45, 7) is 5.74. The Morgan fingerprint density at radius 3 is 2.68 bits per heavy atom. The van der Waals surface area contributed by atoms with E-state index in [1.165, 1.54) is 14.7 Å². The molecule has 8 nitrogen and oxygen atoms in total. The fourth-order valence-corrected chi connectivity index (χ4v) is 4.03. The van der Waals surface area contributed by atoms with E-state index in [2.05, 4.69) is 36.9 Å². The van der Waals surface area contributed by atoms with Crippen LogP contribution < -0.4 is 16.1 Å². The lowest BCUT2D eigenvalue weighted by molar-refractivity contribution is 0.277. The molecule has 1 aliphatic heterocycles. The van der Waals surface area contributed by atoms with Gasteiger partial charge < -0.3 is 14.6 Å². The first kappa shape index (κ1) is 18.5. The van der Waals surface area contributed by atoms with Crippen LogP contribution in [-0.4, -0.2) is 36.9 Å². The summed E-state index contributed by atoms with van der Waals surface area (Å²) in [6.07, 6.45) is 1.24. The highest BCUT2D eigenvalue weighted by atomic mass is 16.3. The lowest BCUT2D eigenvalue weighted by Gasteiger charge is -2.30. The maximum atomic E-state index is 13.1. The fraction of sp³-hybridized carbons (Fsp3) is 0.450. The molecule has 0 amide bonds. The predicted octanol–water partition coefficient (Wildman–Crippen LogP) is 1.44. The van der Waals surface area contributed by atoms with Gasteiger partial charge in [-0.2, -0.15) is 4.98 Å². The molecule has 0 fully saturated rings. The molecule has 8 heteroatoms. The third-order valence-corrected chi connectivity index (χ3v) is 5.40.